The smallest absolute Gasteiger partial charge is 0.253 e. The standard InChI is InChI=1S/C27H30N6O/c1-3-32(4-2)27(34)21-8-5-20(6-9-21)7-10-24-17-22(11-12-30-24)25-18-23(19-28)26(31-25)33-15-13-29-14-16-33/h5-12,17-18,29,31H,3-4,13-16H2,1-2H3. The summed E-state index contributed by atoms with van der Waals surface area (Å²) in [6.07, 6.45) is 5.72. The van der Waals surface area contributed by atoms with Gasteiger partial charge in [-0.05, 0) is 55.8 Å². The second-order valence-electron chi connectivity index (χ2n) is 8.20. The number of aromatic nitrogens is 2. The number of rotatable bonds is 7. The van der Waals surface area contributed by atoms with Crippen LogP contribution in [0.5, 0.6) is 0 Å². The van der Waals surface area contributed by atoms with Crippen LogP contribution in [0.15, 0.2) is 48.7 Å². The molecule has 1 aromatic carbocycles. The Kier molecular flexibility index (Phi) is 7.41. The van der Waals surface area contributed by atoms with E-state index < -0.39 is 0 Å². The lowest BCUT2D eigenvalue weighted by Crippen LogP contribution is -2.44. The van der Waals surface area contributed by atoms with E-state index in [9.17, 15) is 10.1 Å². The van der Waals surface area contributed by atoms with Crippen molar-refractivity contribution < 1.29 is 4.79 Å². The van der Waals surface area contributed by atoms with E-state index in [1.807, 2.05) is 73.4 Å². The highest BCUT2D eigenvalue weighted by Crippen LogP contribution is 2.28. The first-order chi connectivity index (χ1) is 16.6. The Balaban J connectivity index is 1.51. The van der Waals surface area contributed by atoms with Crippen LogP contribution in [-0.4, -0.2) is 60.0 Å². The minimum atomic E-state index is 0.0535. The Hall–Kier alpha value is -3.89. The van der Waals surface area contributed by atoms with Gasteiger partial charge in [-0.1, -0.05) is 18.2 Å². The van der Waals surface area contributed by atoms with E-state index in [1.54, 1.807) is 6.20 Å². The number of hydrogen-bond donors (Lipinski definition) is 2. The molecular weight excluding hydrogens is 424 g/mol. The van der Waals surface area contributed by atoms with Gasteiger partial charge in [0.2, 0.25) is 0 Å². The van der Waals surface area contributed by atoms with E-state index in [-0.39, 0.29) is 5.91 Å². The third-order valence-electron chi connectivity index (χ3n) is 6.10. The van der Waals surface area contributed by atoms with Crippen LogP contribution in [0.1, 0.15) is 41.0 Å². The highest BCUT2D eigenvalue weighted by molar-refractivity contribution is 5.94. The molecule has 4 rings (SSSR count). The van der Waals surface area contributed by atoms with Crippen LogP contribution in [0.4, 0.5) is 5.82 Å². The van der Waals surface area contributed by atoms with Gasteiger partial charge in [-0.3, -0.25) is 9.78 Å². The molecule has 0 bridgehead atoms. The Labute approximate surface area is 200 Å². The van der Waals surface area contributed by atoms with Crippen LogP contribution in [0, 0.1) is 11.3 Å². The SMILES string of the molecule is CCN(CC)C(=O)c1ccc(C=Cc2cc(-c3cc(C#N)c(N4CCNCC4)[nH]3)ccn2)cc1. The summed E-state index contributed by atoms with van der Waals surface area (Å²) >= 11 is 0. The van der Waals surface area contributed by atoms with Gasteiger partial charge >= 0.3 is 0 Å². The molecule has 2 N–H and O–H groups in total. The summed E-state index contributed by atoms with van der Waals surface area (Å²) in [5.41, 5.74) is 5.05. The number of nitrogens with zero attached hydrogens (tertiary/aromatic N) is 4. The zero-order chi connectivity index (χ0) is 23.9. The van der Waals surface area contributed by atoms with E-state index in [2.05, 4.69) is 26.3 Å². The number of pyridine rings is 1. The number of piperazine rings is 1. The summed E-state index contributed by atoms with van der Waals surface area (Å²) < 4.78 is 0. The van der Waals surface area contributed by atoms with Crippen LogP contribution in [0.3, 0.4) is 0 Å². The zero-order valence-electron chi connectivity index (χ0n) is 19.7. The Morgan fingerprint density at radius 2 is 1.85 bits per heavy atom. The molecule has 7 nitrogen and oxygen atoms in total. The number of anilines is 1. The molecule has 174 valence electrons. The maximum absolute atomic E-state index is 12.5. The molecule has 1 aliphatic rings. The van der Waals surface area contributed by atoms with Crippen molar-refractivity contribution in [3.8, 4) is 17.3 Å². The second-order valence-corrected chi connectivity index (χ2v) is 8.20. The number of carbonyl (C=O) groups is 1. The lowest BCUT2D eigenvalue weighted by Gasteiger charge is -2.28. The normalized spacial score (nSPS) is 13.7. The van der Waals surface area contributed by atoms with Gasteiger partial charge in [-0.15, -0.1) is 0 Å². The van der Waals surface area contributed by atoms with Crippen LogP contribution in [0.25, 0.3) is 23.4 Å². The third-order valence-corrected chi connectivity index (χ3v) is 6.10. The van der Waals surface area contributed by atoms with E-state index in [4.69, 9.17) is 0 Å². The van der Waals surface area contributed by atoms with Crippen molar-refractivity contribution in [1.29, 1.82) is 5.26 Å². The molecule has 0 unspecified atom stereocenters. The maximum atomic E-state index is 12.5. The molecular formula is C27H30N6O. The zero-order valence-corrected chi connectivity index (χ0v) is 19.7. The van der Waals surface area contributed by atoms with Crippen molar-refractivity contribution in [2.45, 2.75) is 13.8 Å². The number of amides is 1. The van der Waals surface area contributed by atoms with Crippen molar-refractivity contribution in [3.05, 3.63) is 71.0 Å². The van der Waals surface area contributed by atoms with Crippen LogP contribution < -0.4 is 10.2 Å². The molecule has 0 aliphatic carbocycles. The molecule has 34 heavy (non-hydrogen) atoms. The minimum absolute atomic E-state index is 0.0535. The van der Waals surface area contributed by atoms with Gasteiger partial charge in [0.15, 0.2) is 0 Å². The molecule has 3 aromatic rings. The minimum Gasteiger partial charge on any atom is -0.355 e. The summed E-state index contributed by atoms with van der Waals surface area (Å²) in [6.45, 7) is 8.94. The first-order valence-electron chi connectivity index (χ1n) is 11.8. The fourth-order valence-electron chi connectivity index (χ4n) is 4.14. The molecule has 0 radical (unpaired) electrons. The number of nitrogens with one attached hydrogen (secondary N) is 2. The first-order valence-corrected chi connectivity index (χ1v) is 11.8. The number of aromatic amines is 1. The molecule has 1 aliphatic heterocycles. The van der Waals surface area contributed by atoms with Crippen molar-refractivity contribution in [3.63, 3.8) is 0 Å². The van der Waals surface area contributed by atoms with E-state index in [1.165, 1.54) is 0 Å². The molecule has 0 atom stereocenters. The molecule has 0 spiro atoms. The number of nitriles is 1. The molecule has 1 saturated heterocycles. The Morgan fingerprint density at radius 3 is 2.53 bits per heavy atom. The Bertz CT molecular complexity index is 1190. The van der Waals surface area contributed by atoms with E-state index in [0.29, 0.717) is 24.2 Å². The average molecular weight is 455 g/mol. The van der Waals surface area contributed by atoms with E-state index in [0.717, 1.165) is 54.5 Å². The number of H-pyrrole nitrogens is 1. The fraction of sp³-hybridized carbons (Fsp3) is 0.296. The van der Waals surface area contributed by atoms with Gasteiger partial charge in [0, 0.05) is 62.3 Å². The monoisotopic (exact) mass is 454 g/mol. The van der Waals surface area contributed by atoms with Crippen LogP contribution in [-0.2, 0) is 0 Å². The molecule has 2 aromatic heterocycles. The molecule has 1 amide bonds. The van der Waals surface area contributed by atoms with Crippen molar-refractivity contribution >= 4 is 23.9 Å². The number of benzene rings is 1. The van der Waals surface area contributed by atoms with Crippen LogP contribution >= 0.6 is 0 Å². The van der Waals surface area contributed by atoms with Gasteiger partial charge in [0.05, 0.1) is 11.3 Å². The quantitative estimate of drug-likeness (QED) is 0.563. The fourth-order valence-corrected chi connectivity index (χ4v) is 4.14. The molecule has 3 heterocycles. The van der Waals surface area contributed by atoms with Crippen molar-refractivity contribution in [2.24, 2.45) is 0 Å². The lowest BCUT2D eigenvalue weighted by molar-refractivity contribution is 0.0773. The highest BCUT2D eigenvalue weighted by Gasteiger charge is 2.18. The third kappa shape index (κ3) is 5.19. The maximum Gasteiger partial charge on any atom is 0.253 e. The topological polar surface area (TPSA) is 88.0 Å². The van der Waals surface area contributed by atoms with Gasteiger partial charge in [0.1, 0.15) is 11.9 Å². The molecule has 0 saturated carbocycles. The summed E-state index contributed by atoms with van der Waals surface area (Å²) in [5, 5.41) is 13.0. The van der Waals surface area contributed by atoms with Crippen molar-refractivity contribution in [2.75, 3.05) is 44.2 Å². The average Bonchev–Trinajstić information content (AvgIpc) is 3.34. The largest absolute Gasteiger partial charge is 0.355 e. The van der Waals surface area contributed by atoms with Crippen LogP contribution in [0.2, 0.25) is 0 Å². The van der Waals surface area contributed by atoms with Gasteiger partial charge in [-0.2, -0.15) is 5.26 Å². The van der Waals surface area contributed by atoms with Crippen molar-refractivity contribution in [1.82, 2.24) is 20.2 Å². The summed E-state index contributed by atoms with van der Waals surface area (Å²) in [7, 11) is 0. The molecule has 7 heteroatoms. The number of carbonyl (C=O) groups excluding carboxylic acids is 1. The Morgan fingerprint density at radius 1 is 1.12 bits per heavy atom. The van der Waals surface area contributed by atoms with E-state index >= 15 is 0 Å². The van der Waals surface area contributed by atoms with Gasteiger partial charge in [0.25, 0.3) is 5.91 Å². The molecule has 1 fully saturated rings. The van der Waals surface area contributed by atoms with Gasteiger partial charge in [-0.25, -0.2) is 0 Å². The highest BCUT2D eigenvalue weighted by atomic mass is 16.2. The van der Waals surface area contributed by atoms with Gasteiger partial charge < -0.3 is 20.1 Å². The summed E-state index contributed by atoms with van der Waals surface area (Å²) in [5.74, 6) is 0.935. The first kappa shape index (κ1) is 23.3. The second kappa shape index (κ2) is 10.8. The summed E-state index contributed by atoms with van der Waals surface area (Å²) in [4.78, 5) is 24.4. The lowest BCUT2D eigenvalue weighted by atomic mass is 10.1. The summed E-state index contributed by atoms with van der Waals surface area (Å²) in [6, 6.07) is 15.8. The predicted molar refractivity (Wildman–Crippen MR) is 136 cm³/mol. The predicted octanol–water partition coefficient (Wildman–Crippen LogP) is 4.01. The number of hydrogen-bond acceptors (Lipinski definition) is 5.